The van der Waals surface area contributed by atoms with Gasteiger partial charge in [0.15, 0.2) is 0 Å². The summed E-state index contributed by atoms with van der Waals surface area (Å²) in [5.74, 6) is 0.864. The van der Waals surface area contributed by atoms with E-state index in [0.29, 0.717) is 0 Å². The molecule has 0 saturated heterocycles. The van der Waals surface area contributed by atoms with E-state index in [1.807, 2.05) is 25.1 Å². The molecular formula is C17H27NO3. The Morgan fingerprint density at radius 2 is 2.14 bits per heavy atom. The summed E-state index contributed by atoms with van der Waals surface area (Å²) in [5.41, 5.74) is 2.25. The number of aliphatic hydroxyl groups is 1. The predicted molar refractivity (Wildman–Crippen MR) is 83.8 cm³/mol. The molecule has 0 amide bonds. The van der Waals surface area contributed by atoms with Crippen LogP contribution in [0.5, 0.6) is 5.75 Å². The molecular weight excluding hydrogens is 266 g/mol. The third-order valence-electron chi connectivity index (χ3n) is 4.34. The standard InChI is InChI=1S/C17H27NO3/c1-4-18(10-11-21-5-2)16-9-6-13-12-14(20-3)7-8-15(13)17(16)19/h7-8,12,16-17,19H,4-6,9-11H2,1-3H3. The quantitative estimate of drug-likeness (QED) is 0.784. The van der Waals surface area contributed by atoms with Crippen LogP contribution in [0.25, 0.3) is 0 Å². The minimum atomic E-state index is -0.429. The van der Waals surface area contributed by atoms with E-state index in [-0.39, 0.29) is 6.04 Å². The smallest absolute Gasteiger partial charge is 0.119 e. The van der Waals surface area contributed by atoms with E-state index in [1.54, 1.807) is 7.11 Å². The summed E-state index contributed by atoms with van der Waals surface area (Å²) in [6.07, 6.45) is 1.53. The van der Waals surface area contributed by atoms with Gasteiger partial charge in [0.1, 0.15) is 5.75 Å². The van der Waals surface area contributed by atoms with E-state index < -0.39 is 6.10 Å². The SMILES string of the molecule is CCOCCN(CC)C1CCc2cc(OC)ccc2C1O. The number of methoxy groups -OCH3 is 1. The maximum absolute atomic E-state index is 10.7. The lowest BCUT2D eigenvalue weighted by atomic mass is 9.85. The molecule has 0 heterocycles. The van der Waals surface area contributed by atoms with Crippen LogP contribution < -0.4 is 4.74 Å². The van der Waals surface area contributed by atoms with E-state index in [9.17, 15) is 5.11 Å². The Morgan fingerprint density at radius 3 is 2.81 bits per heavy atom. The summed E-state index contributed by atoms with van der Waals surface area (Å²) in [5, 5.41) is 10.7. The van der Waals surface area contributed by atoms with Gasteiger partial charge in [0.2, 0.25) is 0 Å². The highest BCUT2D eigenvalue weighted by Gasteiger charge is 2.31. The fourth-order valence-corrected chi connectivity index (χ4v) is 3.15. The van der Waals surface area contributed by atoms with Crippen molar-refractivity contribution >= 4 is 0 Å². The summed E-state index contributed by atoms with van der Waals surface area (Å²) >= 11 is 0. The summed E-state index contributed by atoms with van der Waals surface area (Å²) in [6, 6.07) is 6.16. The maximum Gasteiger partial charge on any atom is 0.119 e. The monoisotopic (exact) mass is 293 g/mol. The van der Waals surface area contributed by atoms with Gasteiger partial charge in [-0.1, -0.05) is 13.0 Å². The highest BCUT2D eigenvalue weighted by molar-refractivity contribution is 5.39. The molecule has 1 aliphatic carbocycles. The lowest BCUT2D eigenvalue weighted by Gasteiger charge is -2.38. The third kappa shape index (κ3) is 3.76. The van der Waals surface area contributed by atoms with Gasteiger partial charge in [-0.2, -0.15) is 0 Å². The van der Waals surface area contributed by atoms with Crippen LogP contribution >= 0.6 is 0 Å². The van der Waals surface area contributed by atoms with Gasteiger partial charge in [-0.3, -0.25) is 4.90 Å². The molecule has 21 heavy (non-hydrogen) atoms. The number of nitrogens with zero attached hydrogens (tertiary/aromatic N) is 1. The molecule has 1 N–H and O–H groups in total. The Bertz CT molecular complexity index is 450. The topological polar surface area (TPSA) is 41.9 Å². The van der Waals surface area contributed by atoms with Gasteiger partial charge < -0.3 is 14.6 Å². The Morgan fingerprint density at radius 1 is 1.33 bits per heavy atom. The summed E-state index contributed by atoms with van der Waals surface area (Å²) in [7, 11) is 1.68. The molecule has 4 nitrogen and oxygen atoms in total. The molecule has 1 aromatic rings. The van der Waals surface area contributed by atoms with Gasteiger partial charge in [-0.25, -0.2) is 0 Å². The Balaban J connectivity index is 2.09. The number of aliphatic hydroxyl groups excluding tert-OH is 1. The van der Waals surface area contributed by atoms with Crippen molar-refractivity contribution < 1.29 is 14.6 Å². The highest BCUT2D eigenvalue weighted by Crippen LogP contribution is 2.34. The van der Waals surface area contributed by atoms with Crippen molar-refractivity contribution in [3.63, 3.8) is 0 Å². The zero-order valence-corrected chi connectivity index (χ0v) is 13.3. The Hall–Kier alpha value is -1.10. The number of rotatable bonds is 7. The zero-order chi connectivity index (χ0) is 15.2. The van der Waals surface area contributed by atoms with Gasteiger partial charge in [-0.05, 0) is 49.6 Å². The van der Waals surface area contributed by atoms with Gasteiger partial charge >= 0.3 is 0 Å². The molecule has 0 fully saturated rings. The first-order valence-corrected chi connectivity index (χ1v) is 7.87. The molecule has 0 bridgehead atoms. The highest BCUT2D eigenvalue weighted by atomic mass is 16.5. The van der Waals surface area contributed by atoms with Crippen LogP contribution in [0.2, 0.25) is 0 Å². The summed E-state index contributed by atoms with van der Waals surface area (Å²) < 4.78 is 10.7. The van der Waals surface area contributed by atoms with Gasteiger partial charge in [-0.15, -0.1) is 0 Å². The van der Waals surface area contributed by atoms with Crippen LogP contribution in [0.3, 0.4) is 0 Å². The lowest BCUT2D eigenvalue weighted by Crippen LogP contribution is -2.43. The van der Waals surface area contributed by atoms with Crippen molar-refractivity contribution in [2.45, 2.75) is 38.8 Å². The first-order chi connectivity index (χ1) is 10.2. The molecule has 0 aromatic heterocycles. The van der Waals surface area contributed by atoms with Crippen LogP contribution in [0.15, 0.2) is 18.2 Å². The fraction of sp³-hybridized carbons (Fsp3) is 0.647. The second-order valence-corrected chi connectivity index (χ2v) is 5.44. The molecule has 0 aliphatic heterocycles. The van der Waals surface area contributed by atoms with E-state index >= 15 is 0 Å². The molecule has 4 heteroatoms. The van der Waals surface area contributed by atoms with E-state index in [4.69, 9.17) is 9.47 Å². The number of benzene rings is 1. The number of hydrogen-bond acceptors (Lipinski definition) is 4. The van der Waals surface area contributed by atoms with Gasteiger partial charge in [0, 0.05) is 19.2 Å². The molecule has 1 aromatic carbocycles. The molecule has 0 radical (unpaired) electrons. The van der Waals surface area contributed by atoms with Crippen molar-refractivity contribution in [1.29, 1.82) is 0 Å². The molecule has 2 atom stereocenters. The maximum atomic E-state index is 10.7. The van der Waals surface area contributed by atoms with Crippen molar-refractivity contribution in [2.75, 3.05) is 33.4 Å². The Labute approximate surface area is 127 Å². The summed E-state index contributed by atoms with van der Waals surface area (Å²) in [4.78, 5) is 2.33. The van der Waals surface area contributed by atoms with Crippen LogP contribution in [-0.2, 0) is 11.2 Å². The first kappa shape index (κ1) is 16.3. The molecule has 0 saturated carbocycles. The molecule has 0 spiro atoms. The number of likely N-dealkylation sites (N-methyl/N-ethyl adjacent to an activating group) is 1. The minimum Gasteiger partial charge on any atom is -0.497 e. The average Bonchev–Trinajstić information content (AvgIpc) is 2.52. The molecule has 1 aliphatic rings. The number of ether oxygens (including phenoxy) is 2. The zero-order valence-electron chi connectivity index (χ0n) is 13.3. The lowest BCUT2D eigenvalue weighted by molar-refractivity contribution is 0.0205. The summed E-state index contributed by atoms with van der Waals surface area (Å²) in [6.45, 7) is 7.42. The fourth-order valence-electron chi connectivity index (χ4n) is 3.15. The third-order valence-corrected chi connectivity index (χ3v) is 4.34. The van der Waals surface area contributed by atoms with Crippen LogP contribution in [0, 0.1) is 0 Å². The molecule has 118 valence electrons. The van der Waals surface area contributed by atoms with Gasteiger partial charge in [0.05, 0.1) is 19.8 Å². The minimum absolute atomic E-state index is 0.177. The Kier molecular flexibility index (Phi) is 6.03. The van der Waals surface area contributed by atoms with Crippen molar-refractivity contribution in [1.82, 2.24) is 4.90 Å². The number of aryl methyl sites for hydroxylation is 1. The van der Waals surface area contributed by atoms with Crippen molar-refractivity contribution in [3.8, 4) is 5.75 Å². The second-order valence-electron chi connectivity index (χ2n) is 5.44. The van der Waals surface area contributed by atoms with Crippen LogP contribution in [0.1, 0.15) is 37.5 Å². The van der Waals surface area contributed by atoms with E-state index in [0.717, 1.165) is 50.5 Å². The average molecular weight is 293 g/mol. The van der Waals surface area contributed by atoms with Crippen molar-refractivity contribution in [2.24, 2.45) is 0 Å². The number of fused-ring (bicyclic) bond motifs is 1. The second kappa shape index (κ2) is 7.78. The van der Waals surface area contributed by atoms with E-state index in [1.165, 1.54) is 5.56 Å². The molecule has 2 rings (SSSR count). The van der Waals surface area contributed by atoms with Crippen molar-refractivity contribution in [3.05, 3.63) is 29.3 Å². The predicted octanol–water partition coefficient (Wildman–Crippen LogP) is 2.40. The number of hydrogen-bond donors (Lipinski definition) is 1. The molecule has 2 unspecified atom stereocenters. The largest absolute Gasteiger partial charge is 0.497 e. The van der Waals surface area contributed by atoms with Crippen LogP contribution in [-0.4, -0.2) is 49.5 Å². The van der Waals surface area contributed by atoms with E-state index in [2.05, 4.69) is 11.8 Å². The normalized spacial score (nSPS) is 21.4. The van der Waals surface area contributed by atoms with Crippen LogP contribution in [0.4, 0.5) is 0 Å². The van der Waals surface area contributed by atoms with Gasteiger partial charge in [0.25, 0.3) is 0 Å². The first-order valence-electron chi connectivity index (χ1n) is 7.87.